The lowest BCUT2D eigenvalue weighted by molar-refractivity contribution is 0.201. The lowest BCUT2D eigenvalue weighted by atomic mass is 10.2. The molecule has 0 aliphatic rings. The number of aliphatic hydroxyl groups is 1. The van der Waals surface area contributed by atoms with Gasteiger partial charge in [0.2, 0.25) is 0 Å². The summed E-state index contributed by atoms with van der Waals surface area (Å²) in [5, 5.41) is 8.86. The monoisotopic (exact) mass is 164 g/mol. The predicted molar refractivity (Wildman–Crippen MR) is 51.4 cm³/mol. The molecule has 0 saturated carbocycles. The first kappa shape index (κ1) is 11.1. The van der Waals surface area contributed by atoms with Crippen LogP contribution < -0.4 is 0 Å². The lowest BCUT2D eigenvalue weighted by Gasteiger charge is -1.93. The van der Waals surface area contributed by atoms with E-state index in [1.807, 2.05) is 0 Å². The van der Waals surface area contributed by atoms with Crippen molar-refractivity contribution in [3.8, 4) is 24.2 Å². The third-order valence-electron chi connectivity index (χ3n) is 1.40. The average molecular weight is 164 g/mol. The van der Waals surface area contributed by atoms with E-state index < -0.39 is 0 Å². The third kappa shape index (κ3) is 9.08. The minimum atomic E-state index is -0.303. The predicted octanol–water partition coefficient (Wildman–Crippen LogP) is 1.95. The van der Waals surface area contributed by atoms with Gasteiger partial charge in [0.1, 0.15) is 0 Å². The molecule has 0 spiro atoms. The second-order valence-corrected chi connectivity index (χ2v) is 2.82. The lowest BCUT2D eigenvalue weighted by Crippen LogP contribution is -1.95. The zero-order valence-corrected chi connectivity index (χ0v) is 7.64. The summed E-state index contributed by atoms with van der Waals surface area (Å²) >= 11 is 0. The molecule has 0 unspecified atom stereocenters. The topological polar surface area (TPSA) is 20.2 Å². The Morgan fingerprint density at radius 1 is 1.25 bits per heavy atom. The molecule has 0 bridgehead atoms. The van der Waals surface area contributed by atoms with Gasteiger partial charge in [-0.15, -0.1) is 24.2 Å². The van der Waals surface area contributed by atoms with Crippen LogP contribution in [-0.2, 0) is 0 Å². The second-order valence-electron chi connectivity index (χ2n) is 2.82. The molecule has 0 rings (SSSR count). The van der Waals surface area contributed by atoms with Crippen LogP contribution in [0.4, 0.5) is 0 Å². The van der Waals surface area contributed by atoms with Crippen molar-refractivity contribution in [3.63, 3.8) is 0 Å². The highest BCUT2D eigenvalue weighted by molar-refractivity contribution is 4.99. The van der Waals surface area contributed by atoms with Crippen LogP contribution >= 0.6 is 0 Å². The molecule has 66 valence electrons. The molecule has 0 aliphatic carbocycles. The highest BCUT2D eigenvalue weighted by atomic mass is 16.3. The Morgan fingerprint density at radius 2 is 1.92 bits per heavy atom. The molecule has 12 heavy (non-hydrogen) atoms. The number of terminal acetylenes is 1. The molecular formula is C11H16O. The maximum atomic E-state index is 8.86. The van der Waals surface area contributed by atoms with Gasteiger partial charge in [-0.25, -0.2) is 0 Å². The maximum Gasteiger partial charge on any atom is 0.0621 e. The Balaban J connectivity index is 3.17. The van der Waals surface area contributed by atoms with Crippen LogP contribution in [0.2, 0.25) is 0 Å². The van der Waals surface area contributed by atoms with Crippen LogP contribution in [0.1, 0.15) is 39.0 Å². The zero-order chi connectivity index (χ0) is 9.23. The van der Waals surface area contributed by atoms with Gasteiger partial charge in [0, 0.05) is 19.3 Å². The van der Waals surface area contributed by atoms with Crippen molar-refractivity contribution in [2.24, 2.45) is 0 Å². The summed E-state index contributed by atoms with van der Waals surface area (Å²) in [5.74, 6) is 8.50. The van der Waals surface area contributed by atoms with E-state index >= 15 is 0 Å². The van der Waals surface area contributed by atoms with E-state index in [2.05, 4.69) is 17.8 Å². The first-order valence-corrected chi connectivity index (χ1v) is 4.34. The van der Waals surface area contributed by atoms with Gasteiger partial charge in [0.15, 0.2) is 0 Å². The van der Waals surface area contributed by atoms with E-state index in [-0.39, 0.29) is 6.10 Å². The van der Waals surface area contributed by atoms with E-state index in [0.29, 0.717) is 6.42 Å². The Kier molecular flexibility index (Phi) is 7.55. The summed E-state index contributed by atoms with van der Waals surface area (Å²) in [6, 6.07) is 0. The van der Waals surface area contributed by atoms with Gasteiger partial charge >= 0.3 is 0 Å². The van der Waals surface area contributed by atoms with Crippen LogP contribution in [0, 0.1) is 24.2 Å². The van der Waals surface area contributed by atoms with Crippen molar-refractivity contribution >= 4 is 0 Å². The van der Waals surface area contributed by atoms with Crippen molar-refractivity contribution in [3.05, 3.63) is 0 Å². The van der Waals surface area contributed by atoms with E-state index in [4.69, 9.17) is 11.5 Å². The quantitative estimate of drug-likeness (QED) is 0.497. The minimum Gasteiger partial charge on any atom is -0.392 e. The Labute approximate surface area is 75.2 Å². The maximum absolute atomic E-state index is 8.86. The molecule has 0 radical (unpaired) electrons. The van der Waals surface area contributed by atoms with Crippen LogP contribution in [-0.4, -0.2) is 11.2 Å². The minimum absolute atomic E-state index is 0.303. The molecule has 1 N–H and O–H groups in total. The van der Waals surface area contributed by atoms with E-state index in [1.54, 1.807) is 6.92 Å². The largest absolute Gasteiger partial charge is 0.392 e. The van der Waals surface area contributed by atoms with Gasteiger partial charge in [-0.05, 0) is 19.8 Å². The highest BCUT2D eigenvalue weighted by Gasteiger charge is 1.87. The third-order valence-corrected chi connectivity index (χ3v) is 1.40. The summed E-state index contributed by atoms with van der Waals surface area (Å²) in [5.41, 5.74) is 0. The smallest absolute Gasteiger partial charge is 0.0621 e. The second kappa shape index (κ2) is 8.18. The Morgan fingerprint density at radius 3 is 2.50 bits per heavy atom. The fourth-order valence-corrected chi connectivity index (χ4v) is 0.749. The number of unbranched alkanes of at least 4 members (excludes halogenated alkanes) is 3. The molecule has 0 fully saturated rings. The molecule has 1 atom stereocenters. The number of rotatable bonds is 4. The van der Waals surface area contributed by atoms with Gasteiger partial charge in [-0.3, -0.25) is 0 Å². The fraction of sp³-hybridized carbons (Fsp3) is 0.636. The molecule has 1 nitrogen and oxygen atoms in total. The van der Waals surface area contributed by atoms with E-state index in [1.165, 1.54) is 0 Å². The van der Waals surface area contributed by atoms with Gasteiger partial charge in [-0.2, -0.15) is 0 Å². The fourth-order valence-electron chi connectivity index (χ4n) is 0.749. The summed E-state index contributed by atoms with van der Waals surface area (Å²) in [6.45, 7) is 1.74. The van der Waals surface area contributed by atoms with Crippen molar-refractivity contribution in [2.75, 3.05) is 0 Å². The molecule has 0 heterocycles. The Hall–Kier alpha value is -0.920. The molecule has 0 aliphatic heterocycles. The number of hydrogen-bond donors (Lipinski definition) is 1. The van der Waals surface area contributed by atoms with E-state index in [9.17, 15) is 0 Å². The average Bonchev–Trinajstić information content (AvgIpc) is 2.02. The summed E-state index contributed by atoms with van der Waals surface area (Å²) in [7, 11) is 0. The van der Waals surface area contributed by atoms with Crippen molar-refractivity contribution in [1.82, 2.24) is 0 Å². The van der Waals surface area contributed by atoms with Gasteiger partial charge in [0.05, 0.1) is 6.10 Å². The van der Waals surface area contributed by atoms with Crippen LogP contribution in [0.3, 0.4) is 0 Å². The van der Waals surface area contributed by atoms with Crippen LogP contribution in [0.25, 0.3) is 0 Å². The molecule has 1 heteroatoms. The number of hydrogen-bond acceptors (Lipinski definition) is 1. The van der Waals surface area contributed by atoms with Gasteiger partial charge < -0.3 is 5.11 Å². The normalized spacial score (nSPS) is 11.1. The molecule has 0 aromatic rings. The summed E-state index contributed by atoms with van der Waals surface area (Å²) in [6.07, 6.45) is 9.23. The van der Waals surface area contributed by atoms with Crippen molar-refractivity contribution < 1.29 is 5.11 Å². The highest BCUT2D eigenvalue weighted by Crippen LogP contribution is 1.97. The number of aliphatic hydroxyl groups excluding tert-OH is 1. The molecule has 0 amide bonds. The van der Waals surface area contributed by atoms with Crippen molar-refractivity contribution in [1.29, 1.82) is 0 Å². The molecule has 0 saturated heterocycles. The van der Waals surface area contributed by atoms with Crippen molar-refractivity contribution in [2.45, 2.75) is 45.1 Å². The van der Waals surface area contributed by atoms with Crippen LogP contribution in [0.5, 0.6) is 0 Å². The standard InChI is InChI=1S/C11H16O/c1-3-4-5-6-7-8-9-10-11(2)12/h1,11-12H,4-7,10H2,2H3/t11-/m0/s1. The zero-order valence-electron chi connectivity index (χ0n) is 7.64. The van der Waals surface area contributed by atoms with Gasteiger partial charge in [-0.1, -0.05) is 0 Å². The first-order chi connectivity index (χ1) is 5.77. The van der Waals surface area contributed by atoms with Gasteiger partial charge in [0.25, 0.3) is 0 Å². The molecule has 0 aromatic carbocycles. The molecule has 0 aromatic heterocycles. The first-order valence-electron chi connectivity index (χ1n) is 4.34. The van der Waals surface area contributed by atoms with E-state index in [0.717, 1.165) is 25.7 Å². The SMILES string of the molecule is C#CCCCCC#CC[C@H](C)O. The Bertz CT molecular complexity index is 187. The van der Waals surface area contributed by atoms with Crippen LogP contribution in [0.15, 0.2) is 0 Å². The summed E-state index contributed by atoms with van der Waals surface area (Å²) < 4.78 is 0. The summed E-state index contributed by atoms with van der Waals surface area (Å²) in [4.78, 5) is 0. The molecular weight excluding hydrogens is 148 g/mol.